The lowest BCUT2D eigenvalue weighted by Crippen LogP contribution is -2.30. The number of likely N-dealkylation sites (N-methyl/N-ethyl adjacent to an activating group) is 1. The van der Waals surface area contributed by atoms with Crippen LogP contribution in [0.1, 0.15) is 12.0 Å². The van der Waals surface area contributed by atoms with Gasteiger partial charge in [0.1, 0.15) is 12.4 Å². The summed E-state index contributed by atoms with van der Waals surface area (Å²) < 4.78 is 7.65. The maximum absolute atomic E-state index is 12.1. The third kappa shape index (κ3) is 6.84. The van der Waals surface area contributed by atoms with E-state index in [-0.39, 0.29) is 6.03 Å². The van der Waals surface area contributed by atoms with Gasteiger partial charge in [0, 0.05) is 32.0 Å². The predicted octanol–water partition coefficient (Wildman–Crippen LogP) is 2.34. The minimum atomic E-state index is -0.234. The van der Waals surface area contributed by atoms with Crippen LogP contribution in [0, 0.1) is 6.92 Å². The van der Waals surface area contributed by atoms with Crippen LogP contribution in [0.5, 0.6) is 5.75 Å². The fraction of sp³-hybridized carbons (Fsp3) is 0.444. The Morgan fingerprint density at radius 2 is 2.20 bits per heavy atom. The monoisotopic (exact) mass is 345 g/mol. The van der Waals surface area contributed by atoms with Crippen LogP contribution in [0.4, 0.5) is 10.5 Å². The number of urea groups is 1. The highest BCUT2D eigenvalue weighted by molar-refractivity contribution is 5.90. The quantitative estimate of drug-likeness (QED) is 0.685. The Morgan fingerprint density at radius 1 is 1.36 bits per heavy atom. The lowest BCUT2D eigenvalue weighted by atomic mass is 10.2. The van der Waals surface area contributed by atoms with E-state index in [4.69, 9.17) is 4.74 Å². The van der Waals surface area contributed by atoms with Gasteiger partial charge in [-0.15, -0.1) is 0 Å². The van der Waals surface area contributed by atoms with E-state index < -0.39 is 0 Å². The molecule has 0 aliphatic rings. The summed E-state index contributed by atoms with van der Waals surface area (Å²) in [6.07, 6.45) is 4.47. The number of anilines is 1. The summed E-state index contributed by atoms with van der Waals surface area (Å²) in [6.45, 7) is 4.73. The van der Waals surface area contributed by atoms with E-state index in [1.807, 2.05) is 56.2 Å². The number of carbonyl (C=O) groups is 1. The maximum atomic E-state index is 12.1. The largest absolute Gasteiger partial charge is 0.490 e. The molecule has 0 aliphatic heterocycles. The number of hydrogen-bond donors (Lipinski definition) is 2. The molecule has 2 N–H and O–H groups in total. The molecule has 7 heteroatoms. The number of rotatable bonds is 9. The van der Waals surface area contributed by atoms with Crippen LogP contribution in [0.25, 0.3) is 0 Å². The first-order valence-corrected chi connectivity index (χ1v) is 8.45. The zero-order chi connectivity index (χ0) is 18.1. The topological polar surface area (TPSA) is 71.4 Å². The van der Waals surface area contributed by atoms with Gasteiger partial charge < -0.3 is 20.3 Å². The predicted molar refractivity (Wildman–Crippen MR) is 99.1 cm³/mol. The van der Waals surface area contributed by atoms with Crippen LogP contribution in [-0.2, 0) is 6.54 Å². The van der Waals surface area contributed by atoms with Crippen molar-refractivity contribution in [3.8, 4) is 5.75 Å². The van der Waals surface area contributed by atoms with Crippen molar-refractivity contribution in [1.82, 2.24) is 20.0 Å². The second-order valence-corrected chi connectivity index (χ2v) is 6.15. The normalized spacial score (nSPS) is 10.7. The first-order valence-electron chi connectivity index (χ1n) is 8.45. The Balaban J connectivity index is 1.80. The van der Waals surface area contributed by atoms with Crippen molar-refractivity contribution in [3.05, 3.63) is 42.2 Å². The van der Waals surface area contributed by atoms with Crippen LogP contribution in [0.15, 0.2) is 36.7 Å². The van der Waals surface area contributed by atoms with Gasteiger partial charge in [-0.3, -0.25) is 4.68 Å². The Hall–Kier alpha value is -2.54. The van der Waals surface area contributed by atoms with Gasteiger partial charge in [0.2, 0.25) is 0 Å². The highest BCUT2D eigenvalue weighted by Gasteiger charge is 2.08. The summed E-state index contributed by atoms with van der Waals surface area (Å²) in [7, 11) is 3.99. The van der Waals surface area contributed by atoms with Gasteiger partial charge in [0.05, 0.1) is 5.69 Å². The van der Waals surface area contributed by atoms with Crippen LogP contribution >= 0.6 is 0 Å². The summed E-state index contributed by atoms with van der Waals surface area (Å²) >= 11 is 0. The van der Waals surface area contributed by atoms with Gasteiger partial charge in [-0.2, -0.15) is 5.10 Å². The van der Waals surface area contributed by atoms with Gasteiger partial charge in [-0.25, -0.2) is 4.79 Å². The molecular formula is C18H27N5O2. The zero-order valence-electron chi connectivity index (χ0n) is 15.2. The number of nitrogens with one attached hydrogen (secondary N) is 2. The first-order chi connectivity index (χ1) is 12.0. The van der Waals surface area contributed by atoms with Crippen LogP contribution in [0.2, 0.25) is 0 Å². The number of carbonyl (C=O) groups excluding carboxylic acids is 1. The molecule has 0 saturated heterocycles. The fourth-order valence-electron chi connectivity index (χ4n) is 2.23. The Bertz CT molecular complexity index is 655. The van der Waals surface area contributed by atoms with Crippen molar-refractivity contribution in [3.63, 3.8) is 0 Å². The highest BCUT2D eigenvalue weighted by Crippen LogP contribution is 2.25. The number of benzene rings is 1. The molecule has 0 radical (unpaired) electrons. The Morgan fingerprint density at radius 3 is 2.92 bits per heavy atom. The number of ether oxygens (including phenoxy) is 1. The van der Waals surface area contributed by atoms with Gasteiger partial charge in [-0.1, -0.05) is 6.07 Å². The zero-order valence-corrected chi connectivity index (χ0v) is 15.2. The molecule has 0 fully saturated rings. The van der Waals surface area contributed by atoms with Crippen molar-refractivity contribution < 1.29 is 9.53 Å². The Kier molecular flexibility index (Phi) is 7.28. The van der Waals surface area contributed by atoms with Gasteiger partial charge in [0.25, 0.3) is 0 Å². The molecule has 0 atom stereocenters. The Labute approximate surface area is 149 Å². The summed E-state index contributed by atoms with van der Waals surface area (Å²) in [6, 6.07) is 7.40. The standard InChI is InChI=1S/C18H27N5O2/c1-15-6-7-16(17(14-15)25-13-12-22(2)3)21-18(24)19-8-4-10-23-11-5-9-20-23/h5-7,9,11,14H,4,8,10,12-13H2,1-3H3,(H2,19,21,24). The van der Waals surface area contributed by atoms with Gasteiger partial charge >= 0.3 is 6.03 Å². The number of nitrogens with zero attached hydrogens (tertiary/aromatic N) is 3. The average Bonchev–Trinajstić information content (AvgIpc) is 3.07. The number of amides is 2. The molecule has 0 aliphatic carbocycles. The smallest absolute Gasteiger partial charge is 0.319 e. The molecule has 7 nitrogen and oxygen atoms in total. The van der Waals surface area contributed by atoms with Gasteiger partial charge in [0.15, 0.2) is 0 Å². The second kappa shape index (κ2) is 9.68. The molecule has 0 spiro atoms. The van der Waals surface area contributed by atoms with Crippen LogP contribution in [0.3, 0.4) is 0 Å². The van der Waals surface area contributed by atoms with Crippen molar-refractivity contribution in [2.75, 3.05) is 39.1 Å². The van der Waals surface area contributed by atoms with E-state index in [1.165, 1.54) is 0 Å². The molecule has 2 amide bonds. The molecule has 1 aromatic carbocycles. The second-order valence-electron chi connectivity index (χ2n) is 6.15. The molecule has 0 saturated carbocycles. The number of aromatic nitrogens is 2. The van der Waals surface area contributed by atoms with E-state index in [2.05, 4.69) is 20.6 Å². The summed E-state index contributed by atoms with van der Waals surface area (Å²) in [4.78, 5) is 14.1. The lowest BCUT2D eigenvalue weighted by molar-refractivity contribution is 0.250. The molecule has 0 unspecified atom stereocenters. The highest BCUT2D eigenvalue weighted by atomic mass is 16.5. The molecule has 136 valence electrons. The van der Waals surface area contributed by atoms with Crippen molar-refractivity contribution >= 4 is 11.7 Å². The number of aryl methyl sites for hydroxylation is 2. The third-order valence-electron chi connectivity index (χ3n) is 3.59. The molecular weight excluding hydrogens is 318 g/mol. The SMILES string of the molecule is Cc1ccc(NC(=O)NCCCn2cccn2)c(OCCN(C)C)c1. The van der Waals surface area contributed by atoms with Gasteiger partial charge in [-0.05, 0) is 51.2 Å². The molecule has 1 aromatic heterocycles. The summed E-state index contributed by atoms with van der Waals surface area (Å²) in [5.41, 5.74) is 1.76. The van der Waals surface area contributed by atoms with Crippen molar-refractivity contribution in [2.24, 2.45) is 0 Å². The minimum absolute atomic E-state index is 0.234. The average molecular weight is 345 g/mol. The summed E-state index contributed by atoms with van der Waals surface area (Å²) in [5.74, 6) is 0.688. The van der Waals surface area contributed by atoms with E-state index in [0.29, 0.717) is 24.6 Å². The molecule has 1 heterocycles. The molecule has 0 bridgehead atoms. The molecule has 25 heavy (non-hydrogen) atoms. The summed E-state index contributed by atoms with van der Waals surface area (Å²) in [5, 5.41) is 9.84. The number of hydrogen-bond acceptors (Lipinski definition) is 4. The van der Waals surface area contributed by atoms with E-state index in [1.54, 1.807) is 6.20 Å². The van der Waals surface area contributed by atoms with Crippen molar-refractivity contribution in [2.45, 2.75) is 19.9 Å². The first kappa shape index (κ1) is 18.8. The van der Waals surface area contributed by atoms with E-state index >= 15 is 0 Å². The van der Waals surface area contributed by atoms with E-state index in [0.717, 1.165) is 25.1 Å². The maximum Gasteiger partial charge on any atom is 0.319 e. The van der Waals surface area contributed by atoms with Crippen LogP contribution in [-0.4, -0.2) is 54.5 Å². The fourth-order valence-corrected chi connectivity index (χ4v) is 2.23. The van der Waals surface area contributed by atoms with Crippen molar-refractivity contribution in [1.29, 1.82) is 0 Å². The minimum Gasteiger partial charge on any atom is -0.490 e. The third-order valence-corrected chi connectivity index (χ3v) is 3.59. The van der Waals surface area contributed by atoms with E-state index in [9.17, 15) is 4.79 Å². The molecule has 2 rings (SSSR count). The van der Waals surface area contributed by atoms with Crippen LogP contribution < -0.4 is 15.4 Å². The lowest BCUT2D eigenvalue weighted by Gasteiger charge is -2.15. The molecule has 2 aromatic rings.